The van der Waals surface area contributed by atoms with Crippen molar-refractivity contribution in [3.63, 3.8) is 0 Å². The summed E-state index contributed by atoms with van der Waals surface area (Å²) in [5.74, 6) is 2.07. The predicted molar refractivity (Wildman–Crippen MR) is 114 cm³/mol. The molecule has 3 aliphatic rings. The van der Waals surface area contributed by atoms with Gasteiger partial charge in [-0.2, -0.15) is 0 Å². The van der Waals surface area contributed by atoms with Crippen LogP contribution in [0.4, 0.5) is 5.69 Å². The van der Waals surface area contributed by atoms with Crippen LogP contribution < -0.4 is 14.4 Å². The van der Waals surface area contributed by atoms with Crippen LogP contribution in [0.1, 0.15) is 11.1 Å². The van der Waals surface area contributed by atoms with Crippen molar-refractivity contribution < 1.29 is 14.3 Å². The minimum atomic E-state index is -0.0978. The Bertz CT molecular complexity index is 1030. The first-order valence-corrected chi connectivity index (χ1v) is 12.1. The SMILES string of the molecule is Cc1cccc(N2C(=O)/C(=C/c3ccc4c(c3)OCO4)N=C2N2CC[Se]CC2)c1. The number of aliphatic imine (C=N–C) groups is 1. The van der Waals surface area contributed by atoms with E-state index in [0.717, 1.165) is 41.6 Å². The Labute approximate surface area is 176 Å². The number of hydrogen-bond acceptors (Lipinski definition) is 5. The zero-order valence-corrected chi connectivity index (χ0v) is 17.8. The number of nitrogens with zero attached hydrogens (tertiary/aromatic N) is 3. The van der Waals surface area contributed by atoms with E-state index in [9.17, 15) is 4.79 Å². The number of benzene rings is 2. The molecule has 0 radical (unpaired) electrons. The molecule has 0 unspecified atom stereocenters. The van der Waals surface area contributed by atoms with Crippen LogP contribution in [0.2, 0.25) is 10.6 Å². The van der Waals surface area contributed by atoms with Crippen LogP contribution >= 0.6 is 0 Å². The summed E-state index contributed by atoms with van der Waals surface area (Å²) in [5, 5.41) is 2.37. The number of guanidine groups is 1. The number of hydrogen-bond donors (Lipinski definition) is 0. The summed E-state index contributed by atoms with van der Waals surface area (Å²) in [6.07, 6.45) is 1.83. The fourth-order valence-corrected chi connectivity index (χ4v) is 5.54. The Hall–Kier alpha value is -2.76. The number of carbonyl (C=O) groups excluding carboxylic acids is 1. The van der Waals surface area contributed by atoms with Crippen molar-refractivity contribution in [3.05, 3.63) is 59.3 Å². The summed E-state index contributed by atoms with van der Waals surface area (Å²) in [6, 6.07) is 13.7. The van der Waals surface area contributed by atoms with Gasteiger partial charge in [-0.15, -0.1) is 0 Å². The van der Waals surface area contributed by atoms with E-state index < -0.39 is 0 Å². The first-order valence-electron chi connectivity index (χ1n) is 9.63. The summed E-state index contributed by atoms with van der Waals surface area (Å²) in [7, 11) is 0. The number of amides is 1. The van der Waals surface area contributed by atoms with Crippen LogP contribution in [0.15, 0.2) is 53.2 Å². The zero-order valence-electron chi connectivity index (χ0n) is 16.1. The van der Waals surface area contributed by atoms with Gasteiger partial charge in [-0.25, -0.2) is 0 Å². The number of fused-ring (bicyclic) bond motifs is 1. The first-order chi connectivity index (χ1) is 14.2. The van der Waals surface area contributed by atoms with Crippen molar-refractivity contribution in [1.29, 1.82) is 0 Å². The van der Waals surface area contributed by atoms with E-state index >= 15 is 0 Å². The third-order valence-electron chi connectivity index (χ3n) is 5.10. The molecule has 0 aromatic heterocycles. The van der Waals surface area contributed by atoms with E-state index in [1.54, 1.807) is 4.90 Å². The quantitative estimate of drug-likeness (QED) is 0.516. The molecule has 0 saturated carbocycles. The van der Waals surface area contributed by atoms with E-state index in [2.05, 4.69) is 4.90 Å². The molecule has 3 aliphatic heterocycles. The van der Waals surface area contributed by atoms with Crippen LogP contribution in [-0.4, -0.2) is 51.6 Å². The molecule has 148 valence electrons. The monoisotopic (exact) mass is 455 g/mol. The molecule has 5 rings (SSSR count). The molecule has 0 bridgehead atoms. The van der Waals surface area contributed by atoms with Gasteiger partial charge in [0, 0.05) is 0 Å². The molecule has 0 spiro atoms. The van der Waals surface area contributed by atoms with Crippen LogP contribution in [0, 0.1) is 6.92 Å². The molecule has 0 aliphatic carbocycles. The standard InChI is InChI=1S/C22H21N3O3Se/c1-15-3-2-4-17(11-15)25-21(26)18(23-22(25)24-7-9-29-10-8-24)12-16-5-6-19-20(13-16)28-14-27-19/h2-6,11-13H,7-10,14H2,1H3/b18-12-. The van der Waals surface area contributed by atoms with E-state index in [4.69, 9.17) is 14.5 Å². The average Bonchev–Trinajstić information content (AvgIpc) is 3.33. The number of aryl methyl sites for hydroxylation is 1. The van der Waals surface area contributed by atoms with Gasteiger partial charge in [0.25, 0.3) is 0 Å². The van der Waals surface area contributed by atoms with Crippen LogP contribution in [-0.2, 0) is 4.79 Å². The van der Waals surface area contributed by atoms with Gasteiger partial charge < -0.3 is 0 Å². The van der Waals surface area contributed by atoms with Crippen LogP contribution in [0.5, 0.6) is 11.5 Å². The van der Waals surface area contributed by atoms with Gasteiger partial charge in [0.05, 0.1) is 0 Å². The number of carbonyl (C=O) groups is 1. The van der Waals surface area contributed by atoms with Gasteiger partial charge in [0.15, 0.2) is 0 Å². The third-order valence-corrected chi connectivity index (χ3v) is 7.07. The van der Waals surface area contributed by atoms with Gasteiger partial charge in [-0.3, -0.25) is 0 Å². The van der Waals surface area contributed by atoms with Crippen molar-refractivity contribution in [3.8, 4) is 11.5 Å². The van der Waals surface area contributed by atoms with Crippen molar-refractivity contribution in [1.82, 2.24) is 4.90 Å². The molecule has 1 saturated heterocycles. The van der Waals surface area contributed by atoms with Gasteiger partial charge in [-0.05, 0) is 0 Å². The third kappa shape index (κ3) is 3.52. The fraction of sp³-hybridized carbons (Fsp3) is 0.273. The molecule has 1 fully saturated rings. The maximum atomic E-state index is 13.4. The maximum absolute atomic E-state index is 13.4. The molecule has 0 atom stereocenters. The van der Waals surface area contributed by atoms with Gasteiger partial charge in [0.2, 0.25) is 0 Å². The van der Waals surface area contributed by atoms with Gasteiger partial charge in [0.1, 0.15) is 0 Å². The zero-order chi connectivity index (χ0) is 19.8. The van der Waals surface area contributed by atoms with Crippen molar-refractivity contribution >= 4 is 38.6 Å². The average molecular weight is 454 g/mol. The molecule has 7 heteroatoms. The Morgan fingerprint density at radius 2 is 1.90 bits per heavy atom. The topological polar surface area (TPSA) is 54.4 Å². The summed E-state index contributed by atoms with van der Waals surface area (Å²) in [4.78, 5) is 22.2. The van der Waals surface area contributed by atoms with Crippen LogP contribution in [0.3, 0.4) is 0 Å². The molecule has 2 aromatic carbocycles. The molecule has 3 heterocycles. The summed E-state index contributed by atoms with van der Waals surface area (Å²) in [5.41, 5.74) is 3.29. The molecule has 6 nitrogen and oxygen atoms in total. The molecule has 1 amide bonds. The Morgan fingerprint density at radius 1 is 1.07 bits per heavy atom. The summed E-state index contributed by atoms with van der Waals surface area (Å²) < 4.78 is 10.8. The second-order valence-electron chi connectivity index (χ2n) is 7.13. The van der Waals surface area contributed by atoms with E-state index in [1.165, 1.54) is 10.6 Å². The summed E-state index contributed by atoms with van der Waals surface area (Å²) >= 11 is 0.693. The normalized spacial score (nSPS) is 19.8. The Morgan fingerprint density at radius 3 is 2.72 bits per heavy atom. The minimum absolute atomic E-state index is 0.0978. The van der Waals surface area contributed by atoms with Crippen LogP contribution in [0.25, 0.3) is 6.08 Å². The van der Waals surface area contributed by atoms with E-state index in [-0.39, 0.29) is 12.7 Å². The van der Waals surface area contributed by atoms with E-state index in [1.807, 2.05) is 55.5 Å². The second kappa shape index (κ2) is 7.58. The predicted octanol–water partition coefficient (Wildman–Crippen LogP) is 3.32. The molecule has 29 heavy (non-hydrogen) atoms. The van der Waals surface area contributed by atoms with Gasteiger partial charge in [-0.1, -0.05) is 0 Å². The molecular formula is C22H21N3O3Se. The summed E-state index contributed by atoms with van der Waals surface area (Å²) in [6.45, 7) is 4.17. The fourth-order valence-electron chi connectivity index (χ4n) is 3.64. The molecule has 0 N–H and O–H groups in total. The van der Waals surface area contributed by atoms with Crippen molar-refractivity contribution in [2.24, 2.45) is 4.99 Å². The van der Waals surface area contributed by atoms with Crippen molar-refractivity contribution in [2.45, 2.75) is 17.6 Å². The molecular weight excluding hydrogens is 433 g/mol. The van der Waals surface area contributed by atoms with Crippen molar-refractivity contribution in [2.75, 3.05) is 24.8 Å². The number of rotatable bonds is 2. The molecule has 2 aromatic rings. The number of ether oxygens (including phenoxy) is 2. The van der Waals surface area contributed by atoms with Gasteiger partial charge >= 0.3 is 176 Å². The van der Waals surface area contributed by atoms with E-state index in [0.29, 0.717) is 26.4 Å². The Balaban J connectivity index is 1.54. The Kier molecular flexibility index (Phi) is 4.78. The second-order valence-corrected chi connectivity index (χ2v) is 9.70. The first kappa shape index (κ1) is 18.3. The number of anilines is 1.